The molecule has 5 nitrogen and oxygen atoms in total. The van der Waals surface area contributed by atoms with Crippen LogP contribution in [0.1, 0.15) is 40.4 Å². The normalized spacial score (nSPS) is 26.7. The summed E-state index contributed by atoms with van der Waals surface area (Å²) in [4.78, 5) is 21.5. The van der Waals surface area contributed by atoms with Crippen LogP contribution in [0.5, 0.6) is 0 Å². The molecule has 27 heavy (non-hydrogen) atoms. The topological polar surface area (TPSA) is 48.5 Å². The lowest BCUT2D eigenvalue weighted by Gasteiger charge is -2.46. The molecule has 1 aromatic carbocycles. The third kappa shape index (κ3) is 3.66. The Labute approximate surface area is 164 Å². The van der Waals surface area contributed by atoms with Gasteiger partial charge in [0.25, 0.3) is 5.91 Å². The van der Waals surface area contributed by atoms with Gasteiger partial charge in [0.2, 0.25) is 0 Å². The first-order chi connectivity index (χ1) is 13.3. The maximum Gasteiger partial charge on any atom is 0.265 e. The van der Waals surface area contributed by atoms with Crippen LogP contribution in [0.4, 0.5) is 0 Å². The zero-order valence-electron chi connectivity index (χ0n) is 15.4. The van der Waals surface area contributed by atoms with E-state index in [1.807, 2.05) is 4.90 Å². The van der Waals surface area contributed by atoms with E-state index in [-0.39, 0.29) is 5.91 Å². The number of benzene rings is 1. The summed E-state index contributed by atoms with van der Waals surface area (Å²) in [6.45, 7) is 3.79. The van der Waals surface area contributed by atoms with Crippen molar-refractivity contribution in [2.75, 3.05) is 26.2 Å². The molecule has 2 saturated heterocycles. The Kier molecular flexibility index (Phi) is 4.71. The summed E-state index contributed by atoms with van der Waals surface area (Å²) in [7, 11) is 0. The monoisotopic (exact) mass is 381 g/mol. The van der Waals surface area contributed by atoms with E-state index >= 15 is 0 Å². The van der Waals surface area contributed by atoms with Crippen molar-refractivity contribution >= 4 is 17.2 Å². The van der Waals surface area contributed by atoms with Gasteiger partial charge >= 0.3 is 0 Å². The van der Waals surface area contributed by atoms with E-state index in [1.54, 1.807) is 11.7 Å². The number of carbonyl (C=O) groups excluding carboxylic acids is 1. The molecule has 1 aromatic heterocycles. The summed E-state index contributed by atoms with van der Waals surface area (Å²) in [6.07, 6.45) is 5.34. The quantitative estimate of drug-likeness (QED) is 0.865. The SMILES string of the molecule is O=C(c1cncs1)N1C[C](N2CCC(N[C@@H]3C[C@H]3c3ccccc3)CC2)C1. The Morgan fingerprint density at radius 1 is 1.15 bits per heavy atom. The minimum absolute atomic E-state index is 0.124. The van der Waals surface area contributed by atoms with Gasteiger partial charge in [-0.25, -0.2) is 0 Å². The zero-order chi connectivity index (χ0) is 18.2. The second kappa shape index (κ2) is 7.34. The summed E-state index contributed by atoms with van der Waals surface area (Å²) >= 11 is 1.42. The molecule has 3 fully saturated rings. The number of likely N-dealkylation sites (tertiary alicyclic amines) is 2. The number of rotatable bonds is 5. The molecule has 6 heteroatoms. The van der Waals surface area contributed by atoms with Gasteiger partial charge in [0.05, 0.1) is 17.7 Å². The van der Waals surface area contributed by atoms with E-state index in [2.05, 4.69) is 45.5 Å². The van der Waals surface area contributed by atoms with Gasteiger partial charge in [-0.1, -0.05) is 30.3 Å². The highest BCUT2D eigenvalue weighted by molar-refractivity contribution is 7.11. The third-order valence-corrected chi connectivity index (χ3v) is 6.85. The van der Waals surface area contributed by atoms with Crippen molar-refractivity contribution in [2.24, 2.45) is 0 Å². The van der Waals surface area contributed by atoms with Crippen molar-refractivity contribution in [1.82, 2.24) is 20.1 Å². The van der Waals surface area contributed by atoms with Crippen LogP contribution in [0.15, 0.2) is 42.0 Å². The minimum atomic E-state index is 0.124. The van der Waals surface area contributed by atoms with Gasteiger partial charge in [-0.05, 0) is 24.8 Å². The van der Waals surface area contributed by atoms with Gasteiger partial charge in [-0.15, -0.1) is 11.3 Å². The molecule has 1 N–H and O–H groups in total. The van der Waals surface area contributed by atoms with Gasteiger partial charge in [0.15, 0.2) is 0 Å². The number of amides is 1. The first kappa shape index (κ1) is 17.3. The molecule has 0 bridgehead atoms. The second-order valence-corrected chi connectivity index (χ2v) is 8.77. The second-order valence-electron chi connectivity index (χ2n) is 7.88. The van der Waals surface area contributed by atoms with Crippen molar-refractivity contribution in [2.45, 2.75) is 37.3 Å². The van der Waals surface area contributed by atoms with Crippen LogP contribution in [0.3, 0.4) is 0 Å². The Hall–Kier alpha value is -1.76. The fourth-order valence-corrected chi connectivity index (χ4v) is 4.92. The summed E-state index contributed by atoms with van der Waals surface area (Å²) in [5, 5.41) is 3.88. The number of hydrogen-bond acceptors (Lipinski definition) is 5. The van der Waals surface area contributed by atoms with Gasteiger partial charge in [-0.3, -0.25) is 14.7 Å². The molecule has 2 atom stereocenters. The Morgan fingerprint density at radius 2 is 1.93 bits per heavy atom. The highest BCUT2D eigenvalue weighted by Gasteiger charge is 2.41. The molecule has 1 saturated carbocycles. The van der Waals surface area contributed by atoms with E-state index < -0.39 is 0 Å². The van der Waals surface area contributed by atoms with Crippen molar-refractivity contribution < 1.29 is 4.79 Å². The van der Waals surface area contributed by atoms with Crippen molar-refractivity contribution in [1.29, 1.82) is 0 Å². The molecule has 5 rings (SSSR count). The zero-order valence-corrected chi connectivity index (χ0v) is 16.2. The van der Waals surface area contributed by atoms with Gasteiger partial charge < -0.3 is 10.2 Å². The average molecular weight is 382 g/mol. The van der Waals surface area contributed by atoms with Gasteiger partial charge in [0.1, 0.15) is 4.88 Å². The smallest absolute Gasteiger partial charge is 0.265 e. The van der Waals surface area contributed by atoms with Gasteiger partial charge in [0, 0.05) is 44.2 Å². The van der Waals surface area contributed by atoms with Crippen molar-refractivity contribution in [3.63, 3.8) is 0 Å². The lowest BCUT2D eigenvalue weighted by Crippen LogP contribution is -2.57. The summed E-state index contributed by atoms with van der Waals surface area (Å²) < 4.78 is 0. The Bertz CT molecular complexity index is 767. The molecular weight excluding hydrogens is 356 g/mol. The maximum absolute atomic E-state index is 12.3. The highest BCUT2D eigenvalue weighted by atomic mass is 32.1. The molecule has 2 aliphatic heterocycles. The van der Waals surface area contributed by atoms with E-state index in [4.69, 9.17) is 0 Å². The molecule has 1 amide bonds. The number of nitrogens with one attached hydrogen (secondary N) is 1. The molecule has 3 aliphatic rings. The molecule has 3 heterocycles. The molecule has 2 aromatic rings. The number of piperidine rings is 1. The molecule has 141 valence electrons. The summed E-state index contributed by atoms with van der Waals surface area (Å²) in [5.74, 6) is 0.829. The third-order valence-electron chi connectivity index (χ3n) is 6.09. The van der Waals surface area contributed by atoms with Crippen LogP contribution in [0.2, 0.25) is 0 Å². The van der Waals surface area contributed by atoms with E-state index in [0.29, 0.717) is 18.0 Å². The number of nitrogens with zero attached hydrogens (tertiary/aromatic N) is 3. The summed E-state index contributed by atoms with van der Waals surface area (Å²) in [5.41, 5.74) is 3.20. The number of hydrogen-bond donors (Lipinski definition) is 1. The fourth-order valence-electron chi connectivity index (χ4n) is 4.33. The molecule has 1 aliphatic carbocycles. The largest absolute Gasteiger partial charge is 0.334 e. The molecular formula is C21H25N4OS. The average Bonchev–Trinajstić information content (AvgIpc) is 3.21. The Balaban J connectivity index is 1.04. The predicted octanol–water partition coefficient (Wildman–Crippen LogP) is 2.74. The molecule has 1 radical (unpaired) electrons. The minimum Gasteiger partial charge on any atom is -0.334 e. The van der Waals surface area contributed by atoms with Gasteiger partial charge in [-0.2, -0.15) is 0 Å². The van der Waals surface area contributed by atoms with Crippen LogP contribution in [-0.4, -0.2) is 59.0 Å². The first-order valence-corrected chi connectivity index (χ1v) is 10.7. The number of aromatic nitrogens is 1. The van der Waals surface area contributed by atoms with Crippen LogP contribution < -0.4 is 5.32 Å². The lowest BCUT2D eigenvalue weighted by atomic mass is 9.99. The van der Waals surface area contributed by atoms with Crippen LogP contribution >= 0.6 is 11.3 Å². The van der Waals surface area contributed by atoms with E-state index in [1.165, 1.54) is 42.2 Å². The highest BCUT2D eigenvalue weighted by Crippen LogP contribution is 2.41. The van der Waals surface area contributed by atoms with E-state index in [0.717, 1.165) is 31.1 Å². The number of thiazole rings is 1. The van der Waals surface area contributed by atoms with Crippen molar-refractivity contribution in [3.8, 4) is 0 Å². The van der Waals surface area contributed by atoms with Crippen molar-refractivity contribution in [3.05, 3.63) is 58.5 Å². The first-order valence-electron chi connectivity index (χ1n) is 9.86. The summed E-state index contributed by atoms with van der Waals surface area (Å²) in [6, 6.07) is 13.6. The lowest BCUT2D eigenvalue weighted by molar-refractivity contribution is 0.0523. The van der Waals surface area contributed by atoms with Crippen LogP contribution in [-0.2, 0) is 0 Å². The Morgan fingerprint density at radius 3 is 2.63 bits per heavy atom. The maximum atomic E-state index is 12.3. The fraction of sp³-hybridized carbons (Fsp3) is 0.476. The van der Waals surface area contributed by atoms with Crippen LogP contribution in [0.25, 0.3) is 0 Å². The van der Waals surface area contributed by atoms with E-state index in [9.17, 15) is 4.79 Å². The standard InChI is InChI=1S/C21H25N4OS/c26-21(20-11-22-14-27-20)25-12-17(13-25)24-8-6-16(7-9-24)23-19-10-18(19)15-4-2-1-3-5-15/h1-5,11,14,16,18-19,23H,6-10,12-13H2/t18-,19+/m0/s1. The number of carbonyl (C=O) groups is 1. The predicted molar refractivity (Wildman–Crippen MR) is 107 cm³/mol. The molecule has 0 spiro atoms. The van der Waals surface area contributed by atoms with Crippen LogP contribution in [0, 0.1) is 6.04 Å². The molecule has 0 unspecified atom stereocenters.